The lowest BCUT2D eigenvalue weighted by atomic mass is 10.1. The van der Waals surface area contributed by atoms with Gasteiger partial charge in [-0.25, -0.2) is 0 Å². The van der Waals surface area contributed by atoms with Crippen molar-refractivity contribution in [3.05, 3.63) is 63.6 Å². The third kappa shape index (κ3) is 5.33. The van der Waals surface area contributed by atoms with E-state index < -0.39 is 21.4 Å². The molecule has 0 unspecified atom stereocenters. The van der Waals surface area contributed by atoms with E-state index in [-0.39, 0.29) is 17.3 Å². The van der Waals surface area contributed by atoms with Crippen molar-refractivity contribution in [1.82, 2.24) is 0 Å². The Hall–Kier alpha value is -0.850. The molecule has 0 heterocycles. The summed E-state index contributed by atoms with van der Waals surface area (Å²) in [4.78, 5) is 13.4. The Labute approximate surface area is 172 Å². The van der Waals surface area contributed by atoms with Crippen LogP contribution in [0.4, 0.5) is 18.9 Å². The average Bonchev–Trinajstić information content (AvgIpc) is 2.52. The molecule has 0 saturated heterocycles. The second kappa shape index (κ2) is 8.03. The van der Waals surface area contributed by atoms with Crippen molar-refractivity contribution >= 4 is 69.6 Å². The standard InChI is InChI=1S/C16H9Cl5F3NO/c17-11-5-4-9(13(18)7-11)8-25(14(26)15(19,20)21)12-3-1-2-10(6-12)16(22,23)24/h1-7H,8H2. The summed E-state index contributed by atoms with van der Waals surface area (Å²) in [6.07, 6.45) is -4.59. The molecule has 2 aromatic rings. The average molecular weight is 466 g/mol. The van der Waals surface area contributed by atoms with E-state index in [0.717, 1.165) is 23.1 Å². The number of nitrogens with zero attached hydrogens (tertiary/aromatic N) is 1. The molecular formula is C16H9Cl5F3NO. The first kappa shape index (κ1) is 21.5. The van der Waals surface area contributed by atoms with Crippen molar-refractivity contribution in [3.8, 4) is 0 Å². The number of amides is 1. The Balaban J connectivity index is 2.50. The van der Waals surface area contributed by atoms with Crippen molar-refractivity contribution in [1.29, 1.82) is 0 Å². The smallest absolute Gasteiger partial charge is 0.304 e. The summed E-state index contributed by atoms with van der Waals surface area (Å²) in [5, 5.41) is 0.573. The number of anilines is 1. The van der Waals surface area contributed by atoms with Crippen molar-refractivity contribution in [2.75, 3.05) is 4.90 Å². The highest BCUT2D eigenvalue weighted by molar-refractivity contribution is 6.77. The first-order valence-electron chi connectivity index (χ1n) is 6.89. The molecule has 1 amide bonds. The number of carbonyl (C=O) groups is 1. The third-order valence-electron chi connectivity index (χ3n) is 3.32. The highest BCUT2D eigenvalue weighted by Crippen LogP contribution is 2.36. The van der Waals surface area contributed by atoms with E-state index in [2.05, 4.69) is 0 Å². The Morgan fingerprint density at radius 2 is 1.65 bits per heavy atom. The maximum Gasteiger partial charge on any atom is 0.416 e. The molecular weight excluding hydrogens is 456 g/mol. The van der Waals surface area contributed by atoms with Crippen LogP contribution in [0.5, 0.6) is 0 Å². The van der Waals surface area contributed by atoms with Gasteiger partial charge in [-0.3, -0.25) is 4.79 Å². The molecule has 0 aliphatic rings. The second-order valence-corrected chi connectivity index (χ2v) is 8.30. The van der Waals surface area contributed by atoms with Gasteiger partial charge >= 0.3 is 6.18 Å². The van der Waals surface area contributed by atoms with Crippen LogP contribution in [0.15, 0.2) is 42.5 Å². The van der Waals surface area contributed by atoms with Crippen LogP contribution in [0.3, 0.4) is 0 Å². The van der Waals surface area contributed by atoms with Gasteiger partial charge in [-0.1, -0.05) is 70.1 Å². The number of alkyl halides is 6. The summed E-state index contributed by atoms with van der Waals surface area (Å²) in [7, 11) is 0. The lowest BCUT2D eigenvalue weighted by Gasteiger charge is -2.27. The summed E-state index contributed by atoms with van der Waals surface area (Å²) in [6, 6.07) is 8.59. The Kier molecular flexibility index (Phi) is 6.62. The fourth-order valence-corrected chi connectivity index (χ4v) is 2.88. The number of rotatable bonds is 3. The Morgan fingerprint density at radius 3 is 2.19 bits per heavy atom. The van der Waals surface area contributed by atoms with Crippen LogP contribution >= 0.6 is 58.0 Å². The molecule has 0 aliphatic heterocycles. The maximum atomic E-state index is 13.0. The van der Waals surface area contributed by atoms with E-state index in [9.17, 15) is 18.0 Å². The lowest BCUT2D eigenvalue weighted by molar-refractivity contribution is -0.137. The molecule has 2 aromatic carbocycles. The van der Waals surface area contributed by atoms with E-state index in [1.807, 2.05) is 0 Å². The third-order valence-corrected chi connectivity index (χ3v) is 4.39. The van der Waals surface area contributed by atoms with Crippen LogP contribution in [0, 0.1) is 0 Å². The molecule has 2 rings (SSSR count). The Bertz CT molecular complexity index is 820. The van der Waals surface area contributed by atoms with Gasteiger partial charge in [0.1, 0.15) is 0 Å². The van der Waals surface area contributed by atoms with Gasteiger partial charge in [0.25, 0.3) is 9.70 Å². The molecule has 0 aromatic heterocycles. The van der Waals surface area contributed by atoms with Crippen molar-refractivity contribution in [2.45, 2.75) is 16.5 Å². The van der Waals surface area contributed by atoms with Crippen molar-refractivity contribution in [3.63, 3.8) is 0 Å². The monoisotopic (exact) mass is 463 g/mol. The van der Waals surface area contributed by atoms with Gasteiger partial charge in [0.05, 0.1) is 12.1 Å². The zero-order valence-corrected chi connectivity index (χ0v) is 16.4. The van der Waals surface area contributed by atoms with Gasteiger partial charge < -0.3 is 4.90 Å². The number of hydrogen-bond donors (Lipinski definition) is 0. The molecule has 0 atom stereocenters. The first-order valence-corrected chi connectivity index (χ1v) is 8.78. The van der Waals surface area contributed by atoms with Crippen LogP contribution < -0.4 is 4.90 Å². The van der Waals surface area contributed by atoms with Crippen LogP contribution in [0.25, 0.3) is 0 Å². The minimum atomic E-state index is -4.59. The molecule has 2 nitrogen and oxygen atoms in total. The van der Waals surface area contributed by atoms with E-state index in [0.29, 0.717) is 10.6 Å². The van der Waals surface area contributed by atoms with Gasteiger partial charge in [-0.15, -0.1) is 0 Å². The predicted molar refractivity (Wildman–Crippen MR) is 99.4 cm³/mol. The number of halogens is 8. The van der Waals surface area contributed by atoms with Crippen LogP contribution in [0.2, 0.25) is 10.0 Å². The molecule has 0 saturated carbocycles. The molecule has 0 N–H and O–H groups in total. The topological polar surface area (TPSA) is 20.3 Å². The van der Waals surface area contributed by atoms with Crippen LogP contribution in [-0.2, 0) is 17.5 Å². The lowest BCUT2D eigenvalue weighted by Crippen LogP contribution is -2.39. The Morgan fingerprint density at radius 1 is 1.00 bits per heavy atom. The minimum Gasteiger partial charge on any atom is -0.304 e. The van der Waals surface area contributed by atoms with E-state index in [1.54, 1.807) is 0 Å². The van der Waals surface area contributed by atoms with Gasteiger partial charge in [-0.05, 0) is 35.9 Å². The molecule has 0 bridgehead atoms. The largest absolute Gasteiger partial charge is 0.416 e. The summed E-state index contributed by atoms with van der Waals surface area (Å²) in [5.41, 5.74) is -0.627. The van der Waals surface area contributed by atoms with Gasteiger partial charge in [-0.2, -0.15) is 13.2 Å². The highest BCUT2D eigenvalue weighted by atomic mass is 35.6. The number of carbonyl (C=O) groups excluding carboxylic acids is 1. The first-order chi connectivity index (χ1) is 11.9. The van der Waals surface area contributed by atoms with E-state index >= 15 is 0 Å². The van der Waals surface area contributed by atoms with E-state index in [1.165, 1.54) is 24.3 Å². The van der Waals surface area contributed by atoms with E-state index in [4.69, 9.17) is 58.0 Å². The SMILES string of the molecule is O=C(N(Cc1ccc(Cl)cc1Cl)c1cccc(C(F)(F)F)c1)C(Cl)(Cl)Cl. The number of benzene rings is 2. The summed E-state index contributed by atoms with van der Waals surface area (Å²) < 4.78 is 36.6. The zero-order valence-electron chi connectivity index (χ0n) is 12.6. The quantitative estimate of drug-likeness (QED) is 0.451. The van der Waals surface area contributed by atoms with Crippen LogP contribution in [0.1, 0.15) is 11.1 Å². The molecule has 0 radical (unpaired) electrons. The van der Waals surface area contributed by atoms with Gasteiger partial charge in [0.15, 0.2) is 0 Å². The maximum absolute atomic E-state index is 13.0. The second-order valence-electron chi connectivity index (χ2n) is 5.17. The molecule has 26 heavy (non-hydrogen) atoms. The molecule has 0 spiro atoms. The summed E-state index contributed by atoms with van der Waals surface area (Å²) in [6.45, 7) is -0.218. The van der Waals surface area contributed by atoms with Gasteiger partial charge in [0, 0.05) is 15.7 Å². The highest BCUT2D eigenvalue weighted by Gasteiger charge is 2.37. The van der Waals surface area contributed by atoms with Crippen LogP contribution in [-0.4, -0.2) is 9.70 Å². The number of hydrogen-bond acceptors (Lipinski definition) is 1. The molecule has 10 heteroatoms. The van der Waals surface area contributed by atoms with Crippen molar-refractivity contribution < 1.29 is 18.0 Å². The summed E-state index contributed by atoms with van der Waals surface area (Å²) in [5.74, 6) is -1.02. The molecule has 140 valence electrons. The summed E-state index contributed by atoms with van der Waals surface area (Å²) >= 11 is 28.9. The fourth-order valence-electron chi connectivity index (χ4n) is 2.10. The minimum absolute atomic E-state index is 0.0952. The van der Waals surface area contributed by atoms with Gasteiger partial charge in [0.2, 0.25) is 0 Å². The molecule has 0 fully saturated rings. The fraction of sp³-hybridized carbons (Fsp3) is 0.188. The van der Waals surface area contributed by atoms with Crippen molar-refractivity contribution in [2.24, 2.45) is 0 Å². The predicted octanol–water partition coefficient (Wildman–Crippen LogP) is 6.92. The zero-order chi connectivity index (χ0) is 19.7. The molecule has 0 aliphatic carbocycles. The normalized spacial score (nSPS) is 12.2.